The molecule has 0 aliphatic carbocycles. The molecule has 3 aromatic rings. The minimum Gasteiger partial charge on any atom is -0.390 e. The maximum absolute atomic E-state index is 9.39. The minimum absolute atomic E-state index is 0.102. The summed E-state index contributed by atoms with van der Waals surface area (Å²) in [7, 11) is 0. The molecule has 1 aromatic carbocycles. The van der Waals surface area contributed by atoms with Crippen molar-refractivity contribution in [1.82, 2.24) is 20.0 Å². The Morgan fingerprint density at radius 3 is 2.70 bits per heavy atom. The van der Waals surface area contributed by atoms with Gasteiger partial charge in [-0.15, -0.1) is 16.4 Å². The van der Waals surface area contributed by atoms with Gasteiger partial charge in [-0.3, -0.25) is 0 Å². The topological polar surface area (TPSA) is 63.8 Å². The Labute approximate surface area is 120 Å². The molecule has 102 valence electrons. The average molecular weight is 286 g/mol. The maximum Gasteiger partial charge on any atom is 0.211 e. The summed E-state index contributed by atoms with van der Waals surface area (Å²) < 4.78 is 1.72. The van der Waals surface area contributed by atoms with E-state index in [1.807, 2.05) is 23.6 Å². The van der Waals surface area contributed by atoms with Crippen LogP contribution in [-0.4, -0.2) is 25.1 Å². The van der Waals surface area contributed by atoms with Gasteiger partial charge in [-0.1, -0.05) is 35.5 Å². The number of benzene rings is 1. The van der Waals surface area contributed by atoms with Crippen LogP contribution in [0.15, 0.2) is 41.9 Å². The smallest absolute Gasteiger partial charge is 0.211 e. The molecule has 0 radical (unpaired) electrons. The molecule has 0 amide bonds. The normalized spacial score (nSPS) is 10.8. The number of aryl methyl sites for hydroxylation is 1. The summed E-state index contributed by atoms with van der Waals surface area (Å²) in [5.41, 5.74) is 2.80. The zero-order chi connectivity index (χ0) is 13.8. The molecule has 5 nitrogen and oxygen atoms in total. The van der Waals surface area contributed by atoms with E-state index in [4.69, 9.17) is 0 Å². The van der Waals surface area contributed by atoms with Gasteiger partial charge in [0.15, 0.2) is 0 Å². The van der Waals surface area contributed by atoms with Crippen LogP contribution in [0.5, 0.6) is 0 Å². The molecule has 0 saturated carbocycles. The molecule has 0 aliphatic rings. The number of aromatic nitrogens is 4. The quantitative estimate of drug-likeness (QED) is 0.779. The van der Waals surface area contributed by atoms with Crippen molar-refractivity contribution in [1.29, 1.82) is 0 Å². The van der Waals surface area contributed by atoms with E-state index in [2.05, 4.69) is 27.4 Å². The van der Waals surface area contributed by atoms with Gasteiger partial charge in [0.2, 0.25) is 5.13 Å². The SMILES string of the molecule is OCc1nnn(-c2nccs2)c1CCc1ccccc1. The largest absolute Gasteiger partial charge is 0.390 e. The second kappa shape index (κ2) is 5.94. The molecule has 0 fully saturated rings. The van der Waals surface area contributed by atoms with E-state index in [0.29, 0.717) is 5.69 Å². The van der Waals surface area contributed by atoms with E-state index < -0.39 is 0 Å². The van der Waals surface area contributed by atoms with Crippen LogP contribution in [0.25, 0.3) is 5.13 Å². The fraction of sp³-hybridized carbons (Fsp3) is 0.214. The van der Waals surface area contributed by atoms with Crippen LogP contribution in [-0.2, 0) is 19.4 Å². The molecule has 0 saturated heterocycles. The first kappa shape index (κ1) is 13.0. The zero-order valence-corrected chi connectivity index (χ0v) is 11.6. The van der Waals surface area contributed by atoms with Gasteiger partial charge in [0.05, 0.1) is 12.3 Å². The Morgan fingerprint density at radius 1 is 1.15 bits per heavy atom. The van der Waals surface area contributed by atoms with Crippen LogP contribution in [0.1, 0.15) is 17.0 Å². The van der Waals surface area contributed by atoms with Gasteiger partial charge in [0.1, 0.15) is 5.69 Å². The Hall–Kier alpha value is -2.05. The third-order valence-corrected chi connectivity index (χ3v) is 3.83. The molecule has 0 atom stereocenters. The third kappa shape index (κ3) is 2.61. The Bertz CT molecular complexity index is 664. The summed E-state index contributed by atoms with van der Waals surface area (Å²) in [6.45, 7) is -0.102. The number of aliphatic hydroxyl groups is 1. The molecule has 1 N–H and O–H groups in total. The van der Waals surface area contributed by atoms with Gasteiger partial charge >= 0.3 is 0 Å². The van der Waals surface area contributed by atoms with E-state index in [9.17, 15) is 5.11 Å². The lowest BCUT2D eigenvalue weighted by Crippen LogP contribution is -2.05. The minimum atomic E-state index is -0.102. The second-order valence-corrected chi connectivity index (χ2v) is 5.23. The highest BCUT2D eigenvalue weighted by Crippen LogP contribution is 2.17. The predicted molar refractivity (Wildman–Crippen MR) is 76.8 cm³/mol. The first-order valence-corrected chi connectivity index (χ1v) is 7.24. The predicted octanol–water partition coefficient (Wildman–Crippen LogP) is 2.00. The number of hydrogen-bond acceptors (Lipinski definition) is 5. The van der Waals surface area contributed by atoms with Gasteiger partial charge in [-0.05, 0) is 18.4 Å². The molecule has 20 heavy (non-hydrogen) atoms. The fourth-order valence-electron chi connectivity index (χ4n) is 2.09. The lowest BCUT2D eigenvalue weighted by atomic mass is 10.1. The van der Waals surface area contributed by atoms with E-state index in [1.54, 1.807) is 10.9 Å². The molecule has 6 heteroatoms. The summed E-state index contributed by atoms with van der Waals surface area (Å²) >= 11 is 1.50. The van der Waals surface area contributed by atoms with Crippen molar-refractivity contribution in [2.24, 2.45) is 0 Å². The van der Waals surface area contributed by atoms with Gasteiger partial charge in [-0.25, -0.2) is 4.98 Å². The van der Waals surface area contributed by atoms with Crippen LogP contribution in [0.3, 0.4) is 0 Å². The van der Waals surface area contributed by atoms with Gasteiger partial charge in [0, 0.05) is 11.6 Å². The maximum atomic E-state index is 9.39. The zero-order valence-electron chi connectivity index (χ0n) is 10.8. The van der Waals surface area contributed by atoms with E-state index in [1.165, 1.54) is 16.9 Å². The van der Waals surface area contributed by atoms with Crippen LogP contribution in [0, 0.1) is 0 Å². The Morgan fingerprint density at radius 2 is 2.00 bits per heavy atom. The lowest BCUT2D eigenvalue weighted by molar-refractivity contribution is 0.275. The molecule has 0 aliphatic heterocycles. The summed E-state index contributed by atoms with van der Waals surface area (Å²) in [6, 6.07) is 10.2. The summed E-state index contributed by atoms with van der Waals surface area (Å²) in [5, 5.41) is 20.2. The molecular formula is C14H14N4OS. The number of thiazole rings is 1. The van der Waals surface area contributed by atoms with Crippen molar-refractivity contribution in [3.8, 4) is 5.13 Å². The number of rotatable bonds is 5. The van der Waals surface area contributed by atoms with Crippen molar-refractivity contribution in [2.75, 3.05) is 0 Å². The molecule has 2 aromatic heterocycles. The molecule has 0 unspecified atom stereocenters. The van der Waals surface area contributed by atoms with Crippen molar-refractivity contribution >= 4 is 11.3 Å². The Kier molecular flexibility index (Phi) is 3.85. The van der Waals surface area contributed by atoms with Gasteiger partial charge < -0.3 is 5.11 Å². The third-order valence-electron chi connectivity index (χ3n) is 3.09. The van der Waals surface area contributed by atoms with Crippen LogP contribution in [0.2, 0.25) is 0 Å². The second-order valence-electron chi connectivity index (χ2n) is 4.35. The van der Waals surface area contributed by atoms with Gasteiger partial charge in [-0.2, -0.15) is 4.68 Å². The van der Waals surface area contributed by atoms with Crippen molar-refractivity contribution < 1.29 is 5.11 Å². The highest BCUT2D eigenvalue weighted by Gasteiger charge is 2.14. The van der Waals surface area contributed by atoms with E-state index >= 15 is 0 Å². The van der Waals surface area contributed by atoms with Crippen LogP contribution in [0.4, 0.5) is 0 Å². The molecule has 0 spiro atoms. The molecular weight excluding hydrogens is 272 g/mol. The molecule has 0 bridgehead atoms. The lowest BCUT2D eigenvalue weighted by Gasteiger charge is -2.05. The summed E-state index contributed by atoms with van der Waals surface area (Å²) in [4.78, 5) is 4.25. The number of hydrogen-bond donors (Lipinski definition) is 1. The first-order valence-electron chi connectivity index (χ1n) is 6.36. The van der Waals surface area contributed by atoms with Crippen LogP contribution < -0.4 is 0 Å². The highest BCUT2D eigenvalue weighted by molar-refractivity contribution is 7.12. The average Bonchev–Trinajstić information content (AvgIpc) is 3.14. The van der Waals surface area contributed by atoms with E-state index in [-0.39, 0.29) is 6.61 Å². The first-order chi connectivity index (χ1) is 9.88. The standard InChI is InChI=1S/C14H14N4OS/c19-10-12-13(7-6-11-4-2-1-3-5-11)18(17-16-12)14-15-8-9-20-14/h1-5,8-9,19H,6-7,10H2. The van der Waals surface area contributed by atoms with Crippen LogP contribution >= 0.6 is 11.3 Å². The van der Waals surface area contributed by atoms with Crippen molar-refractivity contribution in [2.45, 2.75) is 19.4 Å². The summed E-state index contributed by atoms with van der Waals surface area (Å²) in [5.74, 6) is 0. The van der Waals surface area contributed by atoms with E-state index in [0.717, 1.165) is 23.7 Å². The Balaban J connectivity index is 1.86. The number of aliphatic hydroxyl groups excluding tert-OH is 1. The number of nitrogens with zero attached hydrogens (tertiary/aromatic N) is 4. The summed E-state index contributed by atoms with van der Waals surface area (Å²) in [6.07, 6.45) is 3.39. The highest BCUT2D eigenvalue weighted by atomic mass is 32.1. The van der Waals surface area contributed by atoms with Crippen molar-refractivity contribution in [3.05, 3.63) is 58.9 Å². The monoisotopic (exact) mass is 286 g/mol. The van der Waals surface area contributed by atoms with Crippen molar-refractivity contribution in [3.63, 3.8) is 0 Å². The van der Waals surface area contributed by atoms with Gasteiger partial charge in [0.25, 0.3) is 0 Å². The fourth-order valence-corrected chi connectivity index (χ4v) is 2.70. The molecule has 3 rings (SSSR count). The molecule has 2 heterocycles.